The number of pyridine rings is 1. The molecule has 0 unspecified atom stereocenters. The van der Waals surface area contributed by atoms with Gasteiger partial charge in [-0.15, -0.1) is 0 Å². The summed E-state index contributed by atoms with van der Waals surface area (Å²) >= 11 is 0. The van der Waals surface area contributed by atoms with Crippen LogP contribution >= 0.6 is 0 Å². The van der Waals surface area contributed by atoms with Crippen LogP contribution in [0.15, 0.2) is 18.3 Å². The summed E-state index contributed by atoms with van der Waals surface area (Å²) in [7, 11) is 2.88. The van der Waals surface area contributed by atoms with Gasteiger partial charge in [-0.1, -0.05) is 0 Å². The van der Waals surface area contributed by atoms with E-state index >= 15 is 0 Å². The molecular formula is C22H33N5O4. The van der Waals surface area contributed by atoms with Gasteiger partial charge in [0.2, 0.25) is 5.91 Å². The van der Waals surface area contributed by atoms with Crippen molar-refractivity contribution in [2.24, 2.45) is 0 Å². The Balaban J connectivity index is 0.00000166. The van der Waals surface area contributed by atoms with Crippen molar-refractivity contribution in [1.29, 1.82) is 0 Å². The fraction of sp³-hybridized carbons (Fsp3) is 0.545. The Morgan fingerprint density at radius 3 is 2.68 bits per heavy atom. The van der Waals surface area contributed by atoms with E-state index in [2.05, 4.69) is 10.3 Å². The molecule has 9 heteroatoms. The van der Waals surface area contributed by atoms with Crippen molar-refractivity contribution < 1.29 is 19.7 Å². The number of nitrogens with zero attached hydrogens (tertiary/aromatic N) is 4. The second kappa shape index (κ2) is 11.0. The summed E-state index contributed by atoms with van der Waals surface area (Å²) in [6, 6.07) is 3.50. The number of carbonyl (C=O) groups excluding carboxylic acids is 1. The van der Waals surface area contributed by atoms with Crippen molar-refractivity contribution in [2.45, 2.75) is 45.6 Å². The van der Waals surface area contributed by atoms with Crippen LogP contribution in [-0.2, 0) is 17.6 Å². The molecule has 0 spiro atoms. The van der Waals surface area contributed by atoms with Gasteiger partial charge >= 0.3 is 0 Å². The van der Waals surface area contributed by atoms with E-state index in [9.17, 15) is 4.79 Å². The summed E-state index contributed by atoms with van der Waals surface area (Å²) in [6.07, 6.45) is 4.46. The van der Waals surface area contributed by atoms with Crippen molar-refractivity contribution >= 4 is 11.7 Å². The summed E-state index contributed by atoms with van der Waals surface area (Å²) in [5, 5.41) is 18.9. The summed E-state index contributed by atoms with van der Waals surface area (Å²) in [4.78, 5) is 28.1. The first kappa shape index (κ1) is 24.5. The van der Waals surface area contributed by atoms with E-state index in [1.807, 2.05) is 32.7 Å². The van der Waals surface area contributed by atoms with E-state index in [4.69, 9.17) is 24.9 Å². The molecule has 0 saturated heterocycles. The van der Waals surface area contributed by atoms with Gasteiger partial charge in [0.25, 0.3) is 0 Å². The molecule has 0 radical (unpaired) electrons. The third-order valence-corrected chi connectivity index (χ3v) is 4.49. The summed E-state index contributed by atoms with van der Waals surface area (Å²) < 4.78 is 5.48. The van der Waals surface area contributed by atoms with Crippen LogP contribution in [0.25, 0.3) is 11.5 Å². The Morgan fingerprint density at radius 1 is 1.26 bits per heavy atom. The number of hydrogen-bond acceptors (Lipinski definition) is 8. The van der Waals surface area contributed by atoms with Crippen LogP contribution in [0.1, 0.15) is 38.4 Å². The second-order valence-corrected chi connectivity index (χ2v) is 8.25. The quantitative estimate of drug-likeness (QED) is 0.601. The SMILES string of the molecule is CN(CC(=O)NC(C)(C)C)c1nc(-c2cc(OCCO)ccn2)nc2c1CCC2.CO. The summed E-state index contributed by atoms with van der Waals surface area (Å²) in [6.45, 7) is 6.26. The van der Waals surface area contributed by atoms with E-state index in [0.29, 0.717) is 17.3 Å². The molecule has 31 heavy (non-hydrogen) atoms. The van der Waals surface area contributed by atoms with Crippen LogP contribution in [0, 0.1) is 0 Å². The van der Waals surface area contributed by atoms with Gasteiger partial charge in [-0.25, -0.2) is 9.97 Å². The van der Waals surface area contributed by atoms with Gasteiger partial charge < -0.3 is 25.2 Å². The number of fused-ring (bicyclic) bond motifs is 1. The average molecular weight is 432 g/mol. The number of rotatable bonds is 7. The number of nitrogens with one attached hydrogen (secondary N) is 1. The number of anilines is 1. The lowest BCUT2D eigenvalue weighted by atomic mass is 10.1. The van der Waals surface area contributed by atoms with Gasteiger partial charge in [0.05, 0.1) is 13.2 Å². The van der Waals surface area contributed by atoms with Crippen molar-refractivity contribution in [3.63, 3.8) is 0 Å². The molecule has 3 N–H and O–H groups in total. The van der Waals surface area contributed by atoms with E-state index in [-0.39, 0.29) is 31.2 Å². The normalized spacial score (nSPS) is 12.5. The molecular weight excluding hydrogens is 398 g/mol. The molecule has 0 atom stereocenters. The number of ether oxygens (including phenoxy) is 1. The van der Waals surface area contributed by atoms with Crippen LogP contribution < -0.4 is 15.0 Å². The van der Waals surface area contributed by atoms with Crippen LogP contribution in [0.5, 0.6) is 5.75 Å². The predicted molar refractivity (Wildman–Crippen MR) is 119 cm³/mol. The van der Waals surface area contributed by atoms with E-state index in [1.54, 1.807) is 18.3 Å². The van der Waals surface area contributed by atoms with Crippen LogP contribution in [0.2, 0.25) is 0 Å². The maximum atomic E-state index is 12.4. The highest BCUT2D eigenvalue weighted by atomic mass is 16.5. The molecule has 1 aliphatic carbocycles. The molecule has 0 aromatic carbocycles. The highest BCUT2D eigenvalue weighted by Crippen LogP contribution is 2.31. The molecule has 2 aromatic rings. The second-order valence-electron chi connectivity index (χ2n) is 8.25. The molecule has 0 aliphatic heterocycles. The Kier molecular flexibility index (Phi) is 8.70. The van der Waals surface area contributed by atoms with Crippen molar-refractivity contribution in [2.75, 3.05) is 38.8 Å². The smallest absolute Gasteiger partial charge is 0.239 e. The van der Waals surface area contributed by atoms with Gasteiger partial charge in [0.15, 0.2) is 5.82 Å². The molecule has 170 valence electrons. The molecule has 0 fully saturated rings. The van der Waals surface area contributed by atoms with E-state index in [1.165, 1.54) is 0 Å². The van der Waals surface area contributed by atoms with Crippen LogP contribution in [0.3, 0.4) is 0 Å². The first-order valence-corrected chi connectivity index (χ1v) is 10.3. The summed E-state index contributed by atoms with van der Waals surface area (Å²) in [5.74, 6) is 1.84. The number of amides is 1. The molecule has 3 rings (SSSR count). The fourth-order valence-corrected chi connectivity index (χ4v) is 3.38. The molecule has 2 heterocycles. The first-order chi connectivity index (χ1) is 14.8. The Morgan fingerprint density at radius 2 is 2.00 bits per heavy atom. The Labute approximate surface area is 183 Å². The lowest BCUT2D eigenvalue weighted by molar-refractivity contribution is -0.121. The molecule has 0 bridgehead atoms. The Hall–Kier alpha value is -2.78. The minimum atomic E-state index is -0.282. The van der Waals surface area contributed by atoms with E-state index < -0.39 is 0 Å². The number of likely N-dealkylation sites (N-methyl/N-ethyl adjacent to an activating group) is 1. The molecule has 0 saturated carbocycles. The Bertz CT molecular complexity index is 883. The number of aromatic nitrogens is 3. The van der Waals surface area contributed by atoms with Crippen molar-refractivity contribution in [3.8, 4) is 17.3 Å². The maximum absolute atomic E-state index is 12.4. The maximum Gasteiger partial charge on any atom is 0.239 e. The van der Waals surface area contributed by atoms with E-state index in [0.717, 1.165) is 43.4 Å². The lowest BCUT2D eigenvalue weighted by Gasteiger charge is -2.25. The fourth-order valence-electron chi connectivity index (χ4n) is 3.38. The number of carbonyl (C=O) groups is 1. The van der Waals surface area contributed by atoms with Gasteiger partial charge in [0, 0.05) is 43.2 Å². The van der Waals surface area contributed by atoms with Crippen LogP contribution in [-0.4, -0.2) is 70.5 Å². The highest BCUT2D eigenvalue weighted by Gasteiger charge is 2.24. The standard InChI is InChI=1S/C21H29N5O3.CH4O/c1-21(2,3)25-18(28)13-26(4)20-15-6-5-7-16(15)23-19(24-20)17-12-14(8-9-22-17)29-11-10-27;1-2/h8-9,12,27H,5-7,10-11,13H2,1-4H3,(H,25,28);2H,1H3. The van der Waals surface area contributed by atoms with Gasteiger partial charge in [-0.2, -0.15) is 0 Å². The first-order valence-electron chi connectivity index (χ1n) is 10.3. The molecule has 1 aliphatic rings. The molecule has 9 nitrogen and oxygen atoms in total. The number of hydrogen-bond donors (Lipinski definition) is 3. The number of aryl methyl sites for hydroxylation is 1. The summed E-state index contributed by atoms with van der Waals surface area (Å²) in [5.41, 5.74) is 2.43. The third-order valence-electron chi connectivity index (χ3n) is 4.49. The molecule has 2 aromatic heterocycles. The topological polar surface area (TPSA) is 121 Å². The third kappa shape index (κ3) is 6.86. The van der Waals surface area contributed by atoms with Crippen molar-refractivity contribution in [1.82, 2.24) is 20.3 Å². The van der Waals surface area contributed by atoms with Gasteiger partial charge in [0.1, 0.15) is 23.9 Å². The molecule has 1 amide bonds. The zero-order valence-corrected chi connectivity index (χ0v) is 19.0. The van der Waals surface area contributed by atoms with Gasteiger partial charge in [-0.3, -0.25) is 9.78 Å². The largest absolute Gasteiger partial charge is 0.491 e. The zero-order chi connectivity index (χ0) is 23.0. The van der Waals surface area contributed by atoms with Crippen LogP contribution in [0.4, 0.5) is 5.82 Å². The predicted octanol–water partition coefficient (Wildman–Crippen LogP) is 1.36. The van der Waals surface area contributed by atoms with Crippen molar-refractivity contribution in [3.05, 3.63) is 29.6 Å². The minimum Gasteiger partial charge on any atom is -0.491 e. The van der Waals surface area contributed by atoms with Gasteiger partial charge in [-0.05, 0) is 46.1 Å². The lowest BCUT2D eigenvalue weighted by Crippen LogP contribution is -2.45. The number of aliphatic hydroxyl groups is 2. The minimum absolute atomic E-state index is 0.0514. The number of aliphatic hydroxyl groups excluding tert-OH is 2. The monoisotopic (exact) mass is 431 g/mol. The highest BCUT2D eigenvalue weighted by molar-refractivity contribution is 5.82. The zero-order valence-electron chi connectivity index (χ0n) is 19.0. The average Bonchev–Trinajstić information content (AvgIpc) is 3.20.